The van der Waals surface area contributed by atoms with Gasteiger partial charge in [-0.25, -0.2) is 0 Å². The van der Waals surface area contributed by atoms with E-state index in [1.807, 2.05) is 0 Å². The van der Waals surface area contributed by atoms with Crippen LogP contribution < -0.4 is 42.4 Å². The molecule has 0 aliphatic heterocycles. The second-order valence-electron chi connectivity index (χ2n) is 14.0. The molecule has 0 heterocycles. The fraction of sp³-hybridized carbons (Fsp3) is 0.111. The average molecular weight is 1020 g/mol. The van der Waals surface area contributed by atoms with Crippen molar-refractivity contribution in [2.75, 3.05) is 24.6 Å². The van der Waals surface area contributed by atoms with Crippen molar-refractivity contribution >= 4 is 74.1 Å². The molecule has 59 heavy (non-hydrogen) atoms. The molecule has 0 N–H and O–H groups in total. The van der Waals surface area contributed by atoms with Crippen LogP contribution in [0.3, 0.4) is 0 Å². The molecule has 0 saturated heterocycles. The summed E-state index contributed by atoms with van der Waals surface area (Å²) in [4.78, 5) is 0. The van der Waals surface area contributed by atoms with Crippen LogP contribution in [-0.4, -0.2) is 24.6 Å². The summed E-state index contributed by atoms with van der Waals surface area (Å²) in [5, 5.41) is 11.9. The largest absolute Gasteiger partial charge is 1.00 e. The van der Waals surface area contributed by atoms with Gasteiger partial charge in [0.05, 0.1) is 0 Å². The van der Waals surface area contributed by atoms with Gasteiger partial charge in [-0.1, -0.05) is 243 Å². The summed E-state index contributed by atoms with van der Waals surface area (Å²) < 4.78 is 0. The third-order valence-corrected chi connectivity index (χ3v) is 20.5. The second kappa shape index (κ2) is 25.1. The summed E-state index contributed by atoms with van der Waals surface area (Å²) in [6.07, 6.45) is 7.43. The zero-order valence-corrected chi connectivity index (χ0v) is 39.2. The van der Waals surface area contributed by atoms with E-state index in [1.54, 1.807) is 0 Å². The summed E-state index contributed by atoms with van der Waals surface area (Å²) >= 11 is 0. The Balaban J connectivity index is 0.000000195. The molecule has 8 aromatic rings. The van der Waals surface area contributed by atoms with Gasteiger partial charge in [-0.3, -0.25) is 0 Å². The smallest absolute Gasteiger partial charge is 0.0622 e. The van der Waals surface area contributed by atoms with Gasteiger partial charge in [0.1, 0.15) is 0 Å². The molecule has 0 bridgehead atoms. The number of rotatable bonds is 16. The maximum Gasteiger partial charge on any atom is 1.00 e. The minimum Gasteiger partial charge on any atom is -0.0622 e. The van der Waals surface area contributed by atoms with Gasteiger partial charge in [0.15, 0.2) is 0 Å². The van der Waals surface area contributed by atoms with Crippen molar-refractivity contribution < 1.29 is 22.4 Å². The van der Waals surface area contributed by atoms with E-state index < -0.39 is 0 Å². The van der Waals surface area contributed by atoms with E-state index in [0.717, 1.165) is 0 Å². The molecule has 0 saturated carbocycles. The Morgan fingerprint density at radius 3 is 0.424 bits per heavy atom. The number of hydrogen-bond donors (Lipinski definition) is 0. The first-order valence-corrected chi connectivity index (χ1v) is 26.4. The van der Waals surface area contributed by atoms with Gasteiger partial charge in [0.2, 0.25) is 0 Å². The Morgan fingerprint density at radius 2 is 0.305 bits per heavy atom. The topological polar surface area (TPSA) is 0 Å². The van der Waals surface area contributed by atoms with Gasteiger partial charge >= 0.3 is 22.4 Å². The molecule has 5 heteroatoms. The summed E-state index contributed by atoms with van der Waals surface area (Å²) in [6, 6.07) is 88.6. The molecule has 0 unspecified atom stereocenters. The van der Waals surface area contributed by atoms with Crippen molar-refractivity contribution in [2.45, 2.75) is 12.8 Å². The third-order valence-electron chi connectivity index (χ3n) is 10.1. The van der Waals surface area contributed by atoms with Crippen LogP contribution in [0.25, 0.3) is 0 Å². The molecule has 0 aromatic heterocycles. The predicted molar refractivity (Wildman–Crippen MR) is 265 cm³/mol. The van der Waals surface area contributed by atoms with Crippen LogP contribution in [0.5, 0.6) is 0 Å². The Kier molecular flexibility index (Phi) is 19.0. The minimum absolute atomic E-state index is 0. The van der Waals surface area contributed by atoms with E-state index in [-0.39, 0.29) is 54.1 Å². The monoisotopic (exact) mass is 1020 g/mol. The summed E-state index contributed by atoms with van der Waals surface area (Å²) in [6.45, 7) is 0. The molecular formula is C54H52AuP4+. The Hall–Kier alpha value is -3.78. The molecule has 0 spiro atoms. The van der Waals surface area contributed by atoms with Crippen molar-refractivity contribution in [3.8, 4) is 0 Å². The molecule has 0 nitrogen and oxygen atoms in total. The van der Waals surface area contributed by atoms with E-state index >= 15 is 0 Å². The molecule has 0 amide bonds. The van der Waals surface area contributed by atoms with Gasteiger partial charge < -0.3 is 0 Å². The zero-order valence-electron chi connectivity index (χ0n) is 33.4. The van der Waals surface area contributed by atoms with Gasteiger partial charge in [0.25, 0.3) is 0 Å². The van der Waals surface area contributed by atoms with E-state index in [1.165, 1.54) is 79.9 Å². The summed E-state index contributed by atoms with van der Waals surface area (Å²) in [7, 11) is -1.24. The molecular weight excluding hydrogens is 969 g/mol. The first-order chi connectivity index (χ1) is 28.8. The normalized spacial score (nSPS) is 10.9. The average Bonchev–Trinajstić information content (AvgIpc) is 3.32. The van der Waals surface area contributed by atoms with Crippen LogP contribution in [-0.2, 0) is 22.4 Å². The van der Waals surface area contributed by atoms with Gasteiger partial charge in [-0.15, -0.1) is 0 Å². The Morgan fingerprint density at radius 1 is 0.186 bits per heavy atom. The molecule has 0 aliphatic rings. The minimum atomic E-state index is -0.309. The number of benzene rings is 8. The maximum atomic E-state index is 2.30. The SMILES string of the molecule is [Au+].c1ccc(P(CCCP(c2ccccc2)c2ccccc2)c2ccccc2)cc1.c1ccc(P(CCCP(c2ccccc2)c2ccccc2)c2ccccc2)cc1. The van der Waals surface area contributed by atoms with E-state index in [4.69, 9.17) is 0 Å². The van der Waals surface area contributed by atoms with Gasteiger partial charge in [-0.2, -0.15) is 0 Å². The molecule has 298 valence electrons. The number of hydrogen-bond acceptors (Lipinski definition) is 0. The third kappa shape index (κ3) is 13.6. The maximum absolute atomic E-state index is 2.30. The Labute approximate surface area is 374 Å². The van der Waals surface area contributed by atoms with E-state index in [2.05, 4.69) is 243 Å². The van der Waals surface area contributed by atoms with Gasteiger partial charge in [-0.05, 0) is 112 Å². The first-order valence-electron chi connectivity index (χ1n) is 20.3. The summed E-state index contributed by atoms with van der Waals surface area (Å²) in [5.41, 5.74) is 0. The van der Waals surface area contributed by atoms with Crippen LogP contribution in [0.4, 0.5) is 0 Å². The van der Waals surface area contributed by atoms with Crippen LogP contribution in [0.2, 0.25) is 0 Å². The van der Waals surface area contributed by atoms with Crippen molar-refractivity contribution in [3.05, 3.63) is 243 Å². The first kappa shape index (κ1) is 44.8. The van der Waals surface area contributed by atoms with Crippen molar-refractivity contribution in [1.29, 1.82) is 0 Å². The molecule has 8 rings (SSSR count). The van der Waals surface area contributed by atoms with Crippen LogP contribution in [0.1, 0.15) is 12.8 Å². The summed E-state index contributed by atoms with van der Waals surface area (Å²) in [5.74, 6) is 0. The van der Waals surface area contributed by atoms with Crippen molar-refractivity contribution in [1.82, 2.24) is 0 Å². The van der Waals surface area contributed by atoms with Crippen LogP contribution in [0.15, 0.2) is 243 Å². The molecule has 0 radical (unpaired) electrons. The van der Waals surface area contributed by atoms with E-state index in [9.17, 15) is 0 Å². The van der Waals surface area contributed by atoms with Crippen molar-refractivity contribution in [3.63, 3.8) is 0 Å². The van der Waals surface area contributed by atoms with E-state index in [0.29, 0.717) is 0 Å². The second-order valence-corrected chi connectivity index (χ2v) is 23.3. The van der Waals surface area contributed by atoms with Crippen molar-refractivity contribution in [2.24, 2.45) is 0 Å². The van der Waals surface area contributed by atoms with Crippen LogP contribution in [0, 0.1) is 0 Å². The molecule has 0 fully saturated rings. The Bertz CT molecular complexity index is 1790. The molecule has 0 aliphatic carbocycles. The zero-order chi connectivity index (χ0) is 39.5. The quantitative estimate of drug-likeness (QED) is 0.0668. The standard InChI is InChI=1S/2C27H26P2.Au/c2*1-5-14-24(15-6-1)28(25-16-7-2-8-17-25)22-13-23-29(26-18-9-3-10-19-26)27-20-11-4-12-21-27;/h2*1-12,14-21H,13,22-23H2;/q;;+1. The van der Waals surface area contributed by atoms with Crippen LogP contribution >= 0.6 is 31.7 Å². The molecule has 8 aromatic carbocycles. The van der Waals surface area contributed by atoms with Gasteiger partial charge in [0, 0.05) is 0 Å². The predicted octanol–water partition coefficient (Wildman–Crippen LogP) is 11.3. The fourth-order valence-electron chi connectivity index (χ4n) is 7.27. The molecule has 0 atom stereocenters. The fourth-order valence-corrected chi connectivity index (χ4v) is 17.2.